The van der Waals surface area contributed by atoms with Crippen molar-refractivity contribution in [1.82, 2.24) is 19.6 Å². The van der Waals surface area contributed by atoms with E-state index in [0.29, 0.717) is 40.6 Å². The molecule has 1 aliphatic rings. The van der Waals surface area contributed by atoms with Crippen LogP contribution in [0.15, 0.2) is 29.8 Å². The summed E-state index contributed by atoms with van der Waals surface area (Å²) in [6.45, 7) is 4.50. The number of amides is 1. The lowest BCUT2D eigenvalue weighted by Crippen LogP contribution is -2.35. The normalized spacial score (nSPS) is 18.9. The average Bonchev–Trinajstić information content (AvgIpc) is 3.05. The summed E-state index contributed by atoms with van der Waals surface area (Å²) in [4.78, 5) is 29.3. The van der Waals surface area contributed by atoms with Gasteiger partial charge in [0.05, 0.1) is 22.9 Å². The van der Waals surface area contributed by atoms with Gasteiger partial charge in [0, 0.05) is 30.9 Å². The molecule has 2 heterocycles. The summed E-state index contributed by atoms with van der Waals surface area (Å²) >= 11 is 6.18. The van der Waals surface area contributed by atoms with Gasteiger partial charge in [0.2, 0.25) is 0 Å². The van der Waals surface area contributed by atoms with Gasteiger partial charge in [0.15, 0.2) is 0 Å². The van der Waals surface area contributed by atoms with Crippen molar-refractivity contribution in [3.05, 3.63) is 57.4 Å². The number of carbonyl (C=O) groups is 2. The van der Waals surface area contributed by atoms with Crippen molar-refractivity contribution in [2.24, 2.45) is 7.05 Å². The lowest BCUT2D eigenvalue weighted by Gasteiger charge is -2.26. The number of Topliss-reactive ketones (excluding diaryl/α,β-unsaturated/α-hetero) is 1. The van der Waals surface area contributed by atoms with E-state index in [4.69, 9.17) is 11.6 Å². The average molecular weight is 417 g/mol. The summed E-state index contributed by atoms with van der Waals surface area (Å²) in [5, 5.41) is 16.0. The van der Waals surface area contributed by atoms with Crippen molar-refractivity contribution in [2.45, 2.75) is 19.9 Å². The standard InChI is InChI=1S/C21H25ClN4O3/c1-12-16(13(2)25(5)23-12)19(27)17-18(14-7-6-8-15(22)11-14)26(10-9-24(3)4)21(29)20(17)28/h6-8,11,18,27H,9-10H2,1-5H3/t18-/m1/s1. The number of ketones is 1. The molecule has 8 heteroatoms. The topological polar surface area (TPSA) is 78.7 Å². The number of aromatic nitrogens is 2. The molecule has 0 bridgehead atoms. The number of benzene rings is 1. The Morgan fingerprint density at radius 2 is 1.97 bits per heavy atom. The summed E-state index contributed by atoms with van der Waals surface area (Å²) < 4.78 is 1.64. The van der Waals surface area contributed by atoms with Gasteiger partial charge in [-0.15, -0.1) is 0 Å². The van der Waals surface area contributed by atoms with Crippen LogP contribution in [0.25, 0.3) is 5.76 Å². The van der Waals surface area contributed by atoms with Crippen LogP contribution < -0.4 is 0 Å². The zero-order valence-electron chi connectivity index (χ0n) is 17.2. The number of aliphatic hydroxyl groups excluding tert-OH is 1. The highest BCUT2D eigenvalue weighted by Crippen LogP contribution is 2.40. The molecule has 1 aromatic heterocycles. The molecule has 0 saturated carbocycles. The number of aliphatic hydroxyl groups is 1. The minimum Gasteiger partial charge on any atom is -0.507 e. The maximum Gasteiger partial charge on any atom is 0.295 e. The Hall–Kier alpha value is -2.64. The fraction of sp³-hybridized carbons (Fsp3) is 0.381. The number of aryl methyl sites for hydroxylation is 2. The first-order valence-electron chi connectivity index (χ1n) is 9.32. The highest BCUT2D eigenvalue weighted by molar-refractivity contribution is 6.46. The number of hydrogen-bond donors (Lipinski definition) is 1. The van der Waals surface area contributed by atoms with Crippen LogP contribution in [0, 0.1) is 13.8 Å². The summed E-state index contributed by atoms with van der Waals surface area (Å²) in [6.07, 6.45) is 0. The van der Waals surface area contributed by atoms with Gasteiger partial charge in [0.1, 0.15) is 5.76 Å². The lowest BCUT2D eigenvalue weighted by atomic mass is 9.94. The molecule has 1 aliphatic heterocycles. The van der Waals surface area contributed by atoms with E-state index in [1.807, 2.05) is 25.9 Å². The molecule has 1 amide bonds. The maximum atomic E-state index is 13.0. The largest absolute Gasteiger partial charge is 0.507 e. The summed E-state index contributed by atoms with van der Waals surface area (Å²) in [7, 11) is 5.56. The first-order valence-corrected chi connectivity index (χ1v) is 9.70. The second-order valence-electron chi connectivity index (χ2n) is 7.52. The second kappa shape index (κ2) is 8.00. The molecule has 1 atom stereocenters. The monoisotopic (exact) mass is 416 g/mol. The first-order chi connectivity index (χ1) is 13.6. The van der Waals surface area contributed by atoms with Crippen LogP contribution in [0.4, 0.5) is 0 Å². The molecular weight excluding hydrogens is 392 g/mol. The first kappa shape index (κ1) is 21.1. The second-order valence-corrected chi connectivity index (χ2v) is 7.96. The highest BCUT2D eigenvalue weighted by Gasteiger charge is 2.46. The van der Waals surface area contributed by atoms with E-state index in [-0.39, 0.29) is 11.3 Å². The Morgan fingerprint density at radius 3 is 2.52 bits per heavy atom. The summed E-state index contributed by atoms with van der Waals surface area (Å²) in [6, 6.07) is 6.31. The van der Waals surface area contributed by atoms with Gasteiger partial charge in [-0.2, -0.15) is 5.10 Å². The lowest BCUT2D eigenvalue weighted by molar-refractivity contribution is -0.140. The summed E-state index contributed by atoms with van der Waals surface area (Å²) in [5.41, 5.74) is 2.52. The van der Waals surface area contributed by atoms with Gasteiger partial charge >= 0.3 is 0 Å². The van der Waals surface area contributed by atoms with Crippen molar-refractivity contribution in [3.8, 4) is 0 Å². The van der Waals surface area contributed by atoms with E-state index < -0.39 is 17.7 Å². The molecule has 1 N–H and O–H groups in total. The molecule has 0 spiro atoms. The molecule has 0 radical (unpaired) electrons. The van der Waals surface area contributed by atoms with Gasteiger partial charge in [-0.25, -0.2) is 0 Å². The van der Waals surface area contributed by atoms with Gasteiger partial charge in [-0.3, -0.25) is 14.3 Å². The Bertz CT molecular complexity index is 1010. The van der Waals surface area contributed by atoms with Crippen LogP contribution in [-0.2, 0) is 16.6 Å². The number of rotatable bonds is 5. The predicted molar refractivity (Wildman–Crippen MR) is 112 cm³/mol. The molecule has 0 unspecified atom stereocenters. The van der Waals surface area contributed by atoms with Crippen LogP contribution in [0.2, 0.25) is 5.02 Å². The minimum absolute atomic E-state index is 0.0650. The maximum absolute atomic E-state index is 13.0. The zero-order chi connectivity index (χ0) is 21.5. The highest BCUT2D eigenvalue weighted by atomic mass is 35.5. The van der Waals surface area contributed by atoms with Gasteiger partial charge in [-0.05, 0) is 45.6 Å². The van der Waals surface area contributed by atoms with Crippen molar-refractivity contribution in [1.29, 1.82) is 0 Å². The Kier molecular flexibility index (Phi) is 5.82. The minimum atomic E-state index is -0.715. The quantitative estimate of drug-likeness (QED) is 0.460. The summed E-state index contributed by atoms with van der Waals surface area (Å²) in [5.74, 6) is -1.53. The van der Waals surface area contributed by atoms with E-state index in [9.17, 15) is 14.7 Å². The molecular formula is C21H25ClN4O3. The third kappa shape index (κ3) is 3.80. The fourth-order valence-corrected chi connectivity index (χ4v) is 3.89. The third-order valence-electron chi connectivity index (χ3n) is 5.24. The van der Waals surface area contributed by atoms with Crippen LogP contribution in [0.1, 0.15) is 28.6 Å². The Morgan fingerprint density at radius 1 is 1.28 bits per heavy atom. The molecule has 29 heavy (non-hydrogen) atoms. The number of halogens is 1. The van der Waals surface area contributed by atoms with E-state index >= 15 is 0 Å². The van der Waals surface area contributed by atoms with Crippen molar-refractivity contribution in [3.63, 3.8) is 0 Å². The predicted octanol–water partition coefficient (Wildman–Crippen LogP) is 2.67. The van der Waals surface area contributed by atoms with E-state index in [0.717, 1.165) is 0 Å². The molecule has 1 aromatic carbocycles. The van der Waals surface area contributed by atoms with Crippen LogP contribution >= 0.6 is 11.6 Å². The number of carbonyl (C=O) groups excluding carboxylic acids is 2. The van der Waals surface area contributed by atoms with Crippen molar-refractivity contribution >= 4 is 29.1 Å². The molecule has 2 aromatic rings. The number of likely N-dealkylation sites (tertiary alicyclic amines) is 1. The SMILES string of the molecule is Cc1nn(C)c(C)c1C(O)=C1C(=O)C(=O)N(CCN(C)C)[C@@H]1c1cccc(Cl)c1. The van der Waals surface area contributed by atoms with Crippen LogP contribution in [0.3, 0.4) is 0 Å². The molecule has 1 fully saturated rings. The van der Waals surface area contributed by atoms with Crippen molar-refractivity contribution in [2.75, 3.05) is 27.2 Å². The third-order valence-corrected chi connectivity index (χ3v) is 5.47. The van der Waals surface area contributed by atoms with Crippen LogP contribution in [-0.4, -0.2) is 63.6 Å². The molecule has 3 rings (SSSR count). The van der Waals surface area contributed by atoms with E-state index in [2.05, 4.69) is 5.10 Å². The smallest absolute Gasteiger partial charge is 0.295 e. The van der Waals surface area contributed by atoms with Gasteiger partial charge in [0.25, 0.3) is 11.7 Å². The van der Waals surface area contributed by atoms with Crippen LogP contribution in [0.5, 0.6) is 0 Å². The molecule has 7 nitrogen and oxygen atoms in total. The Balaban J connectivity index is 2.22. The van der Waals surface area contributed by atoms with Crippen molar-refractivity contribution < 1.29 is 14.7 Å². The fourth-order valence-electron chi connectivity index (χ4n) is 3.69. The molecule has 154 valence electrons. The zero-order valence-corrected chi connectivity index (χ0v) is 18.0. The molecule has 0 aliphatic carbocycles. The Labute approximate surface area is 175 Å². The van der Waals surface area contributed by atoms with E-state index in [1.165, 1.54) is 4.90 Å². The van der Waals surface area contributed by atoms with Gasteiger partial charge < -0.3 is 14.9 Å². The van der Waals surface area contributed by atoms with Gasteiger partial charge in [-0.1, -0.05) is 23.7 Å². The van der Waals surface area contributed by atoms with E-state index in [1.54, 1.807) is 42.9 Å². The number of likely N-dealkylation sites (N-methyl/N-ethyl adjacent to an activating group) is 1. The molecule has 1 saturated heterocycles. The number of nitrogens with zero attached hydrogens (tertiary/aromatic N) is 4. The number of hydrogen-bond acceptors (Lipinski definition) is 5.